The van der Waals surface area contributed by atoms with E-state index in [1.807, 2.05) is 24.3 Å². The number of carbonyl (C=O) groups is 2. The number of likely N-dealkylation sites (tertiary alicyclic amines) is 1. The third-order valence-corrected chi connectivity index (χ3v) is 6.45. The van der Waals surface area contributed by atoms with Gasteiger partial charge in [-0.15, -0.1) is 6.58 Å². The number of hydrogen-bond donors (Lipinski definition) is 0. The fraction of sp³-hybridized carbons (Fsp3) is 0.273. The lowest BCUT2D eigenvalue weighted by Crippen LogP contribution is -2.51. The molecule has 2 aromatic carbocycles. The first-order valence-corrected chi connectivity index (χ1v) is 8.75. The largest absolute Gasteiger partial charge is 0.278 e. The zero-order chi connectivity index (χ0) is 17.3. The van der Waals surface area contributed by atoms with E-state index in [9.17, 15) is 9.59 Å². The summed E-state index contributed by atoms with van der Waals surface area (Å²) in [6.07, 6.45) is 1.64. The molecule has 0 spiro atoms. The number of hydrogen-bond acceptors (Lipinski definition) is 2. The minimum absolute atomic E-state index is 0.0366. The normalized spacial score (nSPS) is 31.6. The fourth-order valence-electron chi connectivity index (χ4n) is 5.52. The molecule has 25 heavy (non-hydrogen) atoms. The van der Waals surface area contributed by atoms with Crippen LogP contribution in [0.3, 0.4) is 0 Å². The molecular formula is C22H19NO2. The van der Waals surface area contributed by atoms with Gasteiger partial charge in [-0.25, -0.2) is 0 Å². The number of carbonyl (C=O) groups excluding carboxylic acids is 2. The summed E-state index contributed by atoms with van der Waals surface area (Å²) in [7, 11) is 0. The average Bonchev–Trinajstić information content (AvgIpc) is 2.89. The van der Waals surface area contributed by atoms with Crippen LogP contribution in [0.4, 0.5) is 0 Å². The van der Waals surface area contributed by atoms with Crippen molar-refractivity contribution in [3.05, 3.63) is 83.4 Å². The van der Waals surface area contributed by atoms with Crippen LogP contribution < -0.4 is 0 Å². The Morgan fingerprint density at radius 1 is 1.00 bits per heavy atom. The van der Waals surface area contributed by atoms with Crippen molar-refractivity contribution in [2.24, 2.45) is 11.8 Å². The van der Waals surface area contributed by atoms with Crippen molar-refractivity contribution in [3.63, 3.8) is 0 Å². The van der Waals surface area contributed by atoms with Crippen LogP contribution in [-0.4, -0.2) is 23.3 Å². The summed E-state index contributed by atoms with van der Waals surface area (Å²) in [5.41, 5.74) is 4.33. The van der Waals surface area contributed by atoms with Crippen LogP contribution in [0.1, 0.15) is 35.1 Å². The first-order chi connectivity index (χ1) is 12.1. The highest BCUT2D eigenvalue weighted by atomic mass is 16.2. The highest BCUT2D eigenvalue weighted by molar-refractivity contribution is 6.08. The predicted molar refractivity (Wildman–Crippen MR) is 95.1 cm³/mol. The maximum Gasteiger partial charge on any atom is 0.234 e. The van der Waals surface area contributed by atoms with Gasteiger partial charge in [-0.3, -0.25) is 14.5 Å². The van der Waals surface area contributed by atoms with Crippen molar-refractivity contribution in [3.8, 4) is 0 Å². The first kappa shape index (κ1) is 14.6. The summed E-state index contributed by atoms with van der Waals surface area (Å²) in [5.74, 6) is -0.760. The number of nitrogens with zero attached hydrogens (tertiary/aromatic N) is 1. The van der Waals surface area contributed by atoms with Crippen molar-refractivity contribution in [2.45, 2.75) is 18.3 Å². The third kappa shape index (κ3) is 1.52. The molecule has 2 aromatic rings. The summed E-state index contributed by atoms with van der Waals surface area (Å²) in [4.78, 5) is 27.8. The molecule has 0 unspecified atom stereocenters. The molecule has 1 fully saturated rings. The maximum absolute atomic E-state index is 13.2. The zero-order valence-corrected chi connectivity index (χ0v) is 14.1. The number of amides is 2. The molecule has 3 aliphatic carbocycles. The molecule has 1 heterocycles. The van der Waals surface area contributed by atoms with E-state index in [2.05, 4.69) is 37.8 Å². The van der Waals surface area contributed by atoms with Gasteiger partial charge in [0.25, 0.3) is 0 Å². The van der Waals surface area contributed by atoms with Crippen LogP contribution in [0.25, 0.3) is 0 Å². The Labute approximate surface area is 147 Å². The van der Waals surface area contributed by atoms with Crippen LogP contribution in [0, 0.1) is 11.8 Å². The topological polar surface area (TPSA) is 37.4 Å². The lowest BCUT2D eigenvalue weighted by Gasteiger charge is -2.52. The molecule has 124 valence electrons. The van der Waals surface area contributed by atoms with Crippen molar-refractivity contribution in [1.82, 2.24) is 4.90 Å². The van der Waals surface area contributed by atoms with E-state index >= 15 is 0 Å². The summed E-state index contributed by atoms with van der Waals surface area (Å²) in [6.45, 7) is 6.15. The summed E-state index contributed by atoms with van der Waals surface area (Å²) in [5, 5.41) is 0. The number of benzene rings is 2. The lowest BCUT2D eigenvalue weighted by atomic mass is 9.48. The van der Waals surface area contributed by atoms with E-state index in [0.717, 1.165) is 0 Å². The van der Waals surface area contributed by atoms with Gasteiger partial charge in [0.15, 0.2) is 0 Å². The molecule has 2 amide bonds. The van der Waals surface area contributed by atoms with Crippen molar-refractivity contribution in [1.29, 1.82) is 0 Å². The van der Waals surface area contributed by atoms with E-state index in [0.29, 0.717) is 6.54 Å². The molecule has 6 rings (SSSR count). The molecule has 3 heteroatoms. The zero-order valence-electron chi connectivity index (χ0n) is 14.1. The first-order valence-electron chi connectivity index (χ1n) is 8.75. The Balaban J connectivity index is 1.84. The molecule has 3 nitrogen and oxygen atoms in total. The van der Waals surface area contributed by atoms with E-state index in [4.69, 9.17) is 0 Å². The maximum atomic E-state index is 13.2. The third-order valence-electron chi connectivity index (χ3n) is 6.45. The van der Waals surface area contributed by atoms with E-state index in [1.165, 1.54) is 27.2 Å². The molecule has 0 saturated carbocycles. The van der Waals surface area contributed by atoms with Gasteiger partial charge in [-0.2, -0.15) is 0 Å². The van der Waals surface area contributed by atoms with Gasteiger partial charge >= 0.3 is 0 Å². The summed E-state index contributed by atoms with van der Waals surface area (Å²) >= 11 is 0. The molecular weight excluding hydrogens is 310 g/mol. The van der Waals surface area contributed by atoms with Gasteiger partial charge in [0.05, 0.1) is 11.8 Å². The summed E-state index contributed by atoms with van der Waals surface area (Å²) < 4.78 is 0. The van der Waals surface area contributed by atoms with Gasteiger partial charge in [0.1, 0.15) is 0 Å². The Hall–Kier alpha value is -2.68. The van der Waals surface area contributed by atoms with Gasteiger partial charge < -0.3 is 0 Å². The Morgan fingerprint density at radius 2 is 1.56 bits per heavy atom. The van der Waals surface area contributed by atoms with Crippen molar-refractivity contribution in [2.75, 3.05) is 6.54 Å². The highest BCUT2D eigenvalue weighted by Crippen LogP contribution is 2.63. The molecule has 1 saturated heterocycles. The Kier molecular flexibility index (Phi) is 2.75. The molecule has 4 aliphatic rings. The van der Waals surface area contributed by atoms with E-state index in [1.54, 1.807) is 6.08 Å². The quantitative estimate of drug-likeness (QED) is 0.626. The van der Waals surface area contributed by atoms with Gasteiger partial charge in [-0.1, -0.05) is 61.5 Å². The van der Waals surface area contributed by atoms with E-state index in [-0.39, 0.29) is 29.6 Å². The number of imide groups is 1. The van der Waals surface area contributed by atoms with E-state index < -0.39 is 5.41 Å². The molecule has 1 aliphatic heterocycles. The van der Waals surface area contributed by atoms with Gasteiger partial charge in [0, 0.05) is 17.9 Å². The Morgan fingerprint density at radius 3 is 2.12 bits per heavy atom. The molecule has 0 aromatic heterocycles. The van der Waals surface area contributed by atoms with Gasteiger partial charge in [0.2, 0.25) is 11.8 Å². The van der Waals surface area contributed by atoms with Crippen molar-refractivity contribution >= 4 is 11.8 Å². The predicted octanol–water partition coefficient (Wildman–Crippen LogP) is 3.24. The molecule has 0 N–H and O–H groups in total. The highest BCUT2D eigenvalue weighted by Gasteiger charge is 2.66. The molecule has 2 atom stereocenters. The molecule has 0 radical (unpaired) electrons. The SMILES string of the molecule is C=CCN1C(=O)[C@@H]2C3c4ccccc4C(C)(c4ccccc43)[C@H]2C1=O. The Bertz CT molecular complexity index is 897. The lowest BCUT2D eigenvalue weighted by molar-refractivity contribution is -0.139. The smallest absolute Gasteiger partial charge is 0.234 e. The minimum Gasteiger partial charge on any atom is -0.278 e. The molecule has 2 bridgehead atoms. The van der Waals surface area contributed by atoms with Crippen LogP contribution in [0.15, 0.2) is 61.2 Å². The monoisotopic (exact) mass is 329 g/mol. The van der Waals surface area contributed by atoms with Crippen molar-refractivity contribution < 1.29 is 9.59 Å². The second-order valence-electron chi connectivity index (χ2n) is 7.43. The minimum atomic E-state index is -0.463. The van der Waals surface area contributed by atoms with Gasteiger partial charge in [-0.05, 0) is 22.3 Å². The fourth-order valence-corrected chi connectivity index (χ4v) is 5.52. The van der Waals surface area contributed by atoms with Crippen LogP contribution in [0.2, 0.25) is 0 Å². The average molecular weight is 329 g/mol. The van der Waals surface area contributed by atoms with Crippen LogP contribution in [-0.2, 0) is 15.0 Å². The second-order valence-corrected chi connectivity index (χ2v) is 7.43. The summed E-state index contributed by atoms with van der Waals surface area (Å²) in [6, 6.07) is 16.6. The standard InChI is InChI=1S/C22H19NO2/c1-3-12-23-20(24)18-17-13-8-4-6-10-15(13)22(2,19(18)21(23)25)16-11-7-5-9-14(16)17/h3-11,17-19H,1,12H2,2H3/t17?,18-,19-,22?/m1/s1. The second kappa shape index (κ2) is 4.69. The van der Waals surface area contributed by atoms with Crippen LogP contribution >= 0.6 is 0 Å². The number of rotatable bonds is 2. The van der Waals surface area contributed by atoms with Crippen LogP contribution in [0.5, 0.6) is 0 Å².